The third kappa shape index (κ3) is 2.73. The zero-order chi connectivity index (χ0) is 13.1. The fourth-order valence-corrected chi connectivity index (χ4v) is 3.33. The third-order valence-corrected chi connectivity index (χ3v) is 4.60. The molecular formula is C15H24N4. The maximum absolute atomic E-state index is 5.77. The number of hydrogen-bond donors (Lipinski definition) is 1. The Morgan fingerprint density at radius 2 is 1.89 bits per heavy atom. The summed E-state index contributed by atoms with van der Waals surface area (Å²) in [4.78, 5) is 11.6. The smallest absolute Gasteiger partial charge is 0.135 e. The van der Waals surface area contributed by atoms with Crippen LogP contribution in [-0.4, -0.2) is 29.6 Å². The molecule has 0 unspecified atom stereocenters. The molecule has 1 aromatic rings. The van der Waals surface area contributed by atoms with Gasteiger partial charge in [-0.15, -0.1) is 0 Å². The highest BCUT2D eigenvalue weighted by atomic mass is 15.2. The molecule has 2 heterocycles. The van der Waals surface area contributed by atoms with Crippen LogP contribution >= 0.6 is 0 Å². The molecule has 2 aliphatic rings. The summed E-state index contributed by atoms with van der Waals surface area (Å²) < 4.78 is 0. The zero-order valence-corrected chi connectivity index (χ0v) is 11.6. The Morgan fingerprint density at radius 3 is 2.68 bits per heavy atom. The van der Waals surface area contributed by atoms with E-state index in [-0.39, 0.29) is 0 Å². The predicted octanol–water partition coefficient (Wildman–Crippen LogP) is 1.92. The maximum Gasteiger partial charge on any atom is 0.135 e. The number of anilines is 1. The summed E-state index contributed by atoms with van der Waals surface area (Å²) in [7, 11) is 0. The lowest BCUT2D eigenvalue weighted by molar-refractivity contribution is 0.412. The van der Waals surface area contributed by atoms with Crippen LogP contribution in [0.25, 0.3) is 0 Å². The molecule has 0 saturated carbocycles. The second-order valence-electron chi connectivity index (χ2n) is 5.85. The number of fused-ring (bicyclic) bond motifs is 1. The highest BCUT2D eigenvalue weighted by molar-refractivity contribution is 5.49. The molecule has 0 radical (unpaired) electrons. The zero-order valence-electron chi connectivity index (χ0n) is 11.6. The molecule has 1 aliphatic carbocycles. The SMILES string of the molecule is NCC1CCN(c2ncnc3c2CCCCC3)CC1. The van der Waals surface area contributed by atoms with E-state index in [0.717, 1.165) is 32.5 Å². The minimum atomic E-state index is 0.705. The second kappa shape index (κ2) is 5.87. The van der Waals surface area contributed by atoms with E-state index < -0.39 is 0 Å². The largest absolute Gasteiger partial charge is 0.356 e. The van der Waals surface area contributed by atoms with Crippen LogP contribution in [0.2, 0.25) is 0 Å². The topological polar surface area (TPSA) is 55.0 Å². The first-order chi connectivity index (χ1) is 9.38. The van der Waals surface area contributed by atoms with Gasteiger partial charge in [-0.2, -0.15) is 0 Å². The van der Waals surface area contributed by atoms with Crippen molar-refractivity contribution < 1.29 is 0 Å². The van der Waals surface area contributed by atoms with Crippen LogP contribution < -0.4 is 10.6 Å². The summed E-state index contributed by atoms with van der Waals surface area (Å²) in [6.07, 6.45) is 10.3. The molecule has 1 fully saturated rings. The number of hydrogen-bond acceptors (Lipinski definition) is 4. The molecule has 4 nitrogen and oxygen atoms in total. The van der Waals surface area contributed by atoms with E-state index in [4.69, 9.17) is 5.73 Å². The minimum Gasteiger partial charge on any atom is -0.356 e. The van der Waals surface area contributed by atoms with Crippen LogP contribution in [0.4, 0.5) is 5.82 Å². The summed E-state index contributed by atoms with van der Waals surface area (Å²) >= 11 is 0. The number of nitrogens with two attached hydrogens (primary N) is 1. The number of rotatable bonds is 2. The van der Waals surface area contributed by atoms with E-state index in [9.17, 15) is 0 Å². The first-order valence-corrected chi connectivity index (χ1v) is 7.66. The van der Waals surface area contributed by atoms with Crippen molar-refractivity contribution in [2.24, 2.45) is 11.7 Å². The van der Waals surface area contributed by atoms with Crippen LogP contribution in [0, 0.1) is 5.92 Å². The number of piperidine rings is 1. The van der Waals surface area contributed by atoms with Crippen molar-refractivity contribution >= 4 is 5.82 Å². The van der Waals surface area contributed by atoms with Crippen LogP contribution in [0.1, 0.15) is 43.4 Å². The molecule has 19 heavy (non-hydrogen) atoms. The fourth-order valence-electron chi connectivity index (χ4n) is 3.33. The lowest BCUT2D eigenvalue weighted by Gasteiger charge is -2.33. The van der Waals surface area contributed by atoms with Gasteiger partial charge >= 0.3 is 0 Å². The summed E-state index contributed by atoms with van der Waals surface area (Å²) in [6.45, 7) is 3.03. The monoisotopic (exact) mass is 260 g/mol. The van der Waals surface area contributed by atoms with Crippen LogP contribution in [0.5, 0.6) is 0 Å². The van der Waals surface area contributed by atoms with Gasteiger partial charge in [0.1, 0.15) is 12.1 Å². The predicted molar refractivity (Wildman–Crippen MR) is 77.3 cm³/mol. The molecule has 2 N–H and O–H groups in total. The van der Waals surface area contributed by atoms with Crippen LogP contribution in [0.3, 0.4) is 0 Å². The van der Waals surface area contributed by atoms with Crippen molar-refractivity contribution in [3.8, 4) is 0 Å². The molecule has 0 amide bonds. The lowest BCUT2D eigenvalue weighted by atomic mass is 9.96. The highest BCUT2D eigenvalue weighted by Crippen LogP contribution is 2.29. The Labute approximate surface area is 115 Å². The summed E-state index contributed by atoms with van der Waals surface area (Å²) in [5.41, 5.74) is 8.49. The molecule has 1 saturated heterocycles. The number of nitrogens with zero attached hydrogens (tertiary/aromatic N) is 3. The number of aryl methyl sites for hydroxylation is 1. The normalized spacial score (nSPS) is 21.0. The van der Waals surface area contributed by atoms with Gasteiger partial charge in [0, 0.05) is 24.3 Å². The van der Waals surface area contributed by atoms with Gasteiger partial charge in [-0.1, -0.05) is 6.42 Å². The lowest BCUT2D eigenvalue weighted by Crippen LogP contribution is -2.37. The van der Waals surface area contributed by atoms with Crippen LogP contribution in [0.15, 0.2) is 6.33 Å². The average molecular weight is 260 g/mol. The fraction of sp³-hybridized carbons (Fsp3) is 0.733. The molecule has 0 bridgehead atoms. The molecule has 1 aliphatic heterocycles. The Kier molecular flexibility index (Phi) is 3.97. The van der Waals surface area contributed by atoms with E-state index in [1.54, 1.807) is 6.33 Å². The van der Waals surface area contributed by atoms with Crippen molar-refractivity contribution in [3.05, 3.63) is 17.6 Å². The molecule has 0 atom stereocenters. The van der Waals surface area contributed by atoms with E-state index in [0.29, 0.717) is 5.92 Å². The van der Waals surface area contributed by atoms with Crippen LogP contribution in [-0.2, 0) is 12.8 Å². The minimum absolute atomic E-state index is 0.705. The molecule has 0 spiro atoms. The van der Waals surface area contributed by atoms with Crippen molar-refractivity contribution in [2.45, 2.75) is 44.9 Å². The van der Waals surface area contributed by atoms with E-state index in [1.165, 1.54) is 49.2 Å². The quantitative estimate of drug-likeness (QED) is 0.825. The summed E-state index contributed by atoms with van der Waals surface area (Å²) in [6, 6.07) is 0. The molecule has 1 aromatic heterocycles. The van der Waals surface area contributed by atoms with Gasteiger partial charge in [0.25, 0.3) is 0 Å². The molecule has 4 heteroatoms. The molecule has 104 valence electrons. The third-order valence-electron chi connectivity index (χ3n) is 4.60. The number of aromatic nitrogens is 2. The Bertz CT molecular complexity index is 424. The van der Waals surface area contributed by atoms with E-state index in [1.807, 2.05) is 0 Å². The standard InChI is InChI=1S/C15H24N4/c16-10-12-6-8-19(9-7-12)15-13-4-2-1-3-5-14(13)17-11-18-15/h11-12H,1-10,16H2. The Balaban J connectivity index is 1.81. The van der Waals surface area contributed by atoms with Crippen molar-refractivity contribution in [2.75, 3.05) is 24.5 Å². The second-order valence-corrected chi connectivity index (χ2v) is 5.85. The van der Waals surface area contributed by atoms with Gasteiger partial charge in [-0.05, 0) is 51.0 Å². The van der Waals surface area contributed by atoms with Gasteiger partial charge in [0.05, 0.1) is 0 Å². The van der Waals surface area contributed by atoms with Crippen molar-refractivity contribution in [1.82, 2.24) is 9.97 Å². The van der Waals surface area contributed by atoms with Gasteiger partial charge < -0.3 is 10.6 Å². The molecule has 3 rings (SSSR count). The summed E-state index contributed by atoms with van der Waals surface area (Å²) in [5.74, 6) is 1.92. The molecule has 0 aromatic carbocycles. The van der Waals surface area contributed by atoms with Crippen molar-refractivity contribution in [3.63, 3.8) is 0 Å². The van der Waals surface area contributed by atoms with Crippen molar-refractivity contribution in [1.29, 1.82) is 0 Å². The van der Waals surface area contributed by atoms with E-state index in [2.05, 4.69) is 14.9 Å². The average Bonchev–Trinajstić information content (AvgIpc) is 2.72. The highest BCUT2D eigenvalue weighted by Gasteiger charge is 2.23. The van der Waals surface area contributed by atoms with E-state index >= 15 is 0 Å². The molecular weight excluding hydrogens is 236 g/mol. The Morgan fingerprint density at radius 1 is 1.11 bits per heavy atom. The first kappa shape index (κ1) is 12.9. The summed E-state index contributed by atoms with van der Waals surface area (Å²) in [5, 5.41) is 0. The van der Waals surface area contributed by atoms with Gasteiger partial charge in [0.15, 0.2) is 0 Å². The van der Waals surface area contributed by atoms with Gasteiger partial charge in [-0.3, -0.25) is 0 Å². The first-order valence-electron chi connectivity index (χ1n) is 7.66. The maximum atomic E-state index is 5.77. The van der Waals surface area contributed by atoms with Gasteiger partial charge in [-0.25, -0.2) is 9.97 Å². The van der Waals surface area contributed by atoms with Gasteiger partial charge in [0.2, 0.25) is 0 Å². The Hall–Kier alpha value is -1.16.